The Labute approximate surface area is 147 Å². The van der Waals surface area contributed by atoms with Crippen molar-refractivity contribution in [3.05, 3.63) is 54.1 Å². The van der Waals surface area contributed by atoms with Crippen LogP contribution in [-0.2, 0) is 10.5 Å². The van der Waals surface area contributed by atoms with Gasteiger partial charge in [0.25, 0.3) is 0 Å². The maximum atomic E-state index is 11.6. The molecule has 0 saturated carbocycles. The smallest absolute Gasteiger partial charge is 0.339 e. The molecule has 3 aromatic heterocycles. The Morgan fingerprint density at radius 1 is 1.25 bits per heavy atom. The van der Waals surface area contributed by atoms with Gasteiger partial charge in [-0.25, -0.2) is 4.79 Å². The summed E-state index contributed by atoms with van der Waals surface area (Å²) in [6.07, 6.45) is 5.03. The second-order valence-electron chi connectivity index (χ2n) is 4.66. The molecule has 3 heterocycles. The van der Waals surface area contributed by atoms with Gasteiger partial charge in [0, 0.05) is 29.9 Å². The molecule has 122 valence electrons. The van der Waals surface area contributed by atoms with Crippen molar-refractivity contribution < 1.29 is 9.53 Å². The lowest BCUT2D eigenvalue weighted by molar-refractivity contribution is 0.0526. The highest BCUT2D eigenvalue weighted by molar-refractivity contribution is 8.00. The highest BCUT2D eigenvalue weighted by Gasteiger charge is 2.09. The first-order valence-electron chi connectivity index (χ1n) is 7.25. The Bertz CT molecular complexity index is 806. The van der Waals surface area contributed by atoms with Crippen LogP contribution in [0.4, 0.5) is 0 Å². The largest absolute Gasteiger partial charge is 0.462 e. The maximum absolute atomic E-state index is 11.6. The van der Waals surface area contributed by atoms with Crippen molar-refractivity contribution >= 4 is 29.1 Å². The van der Waals surface area contributed by atoms with Crippen molar-refractivity contribution in [3.63, 3.8) is 0 Å². The van der Waals surface area contributed by atoms with Crippen LogP contribution >= 0.6 is 23.1 Å². The predicted octanol–water partition coefficient (Wildman–Crippen LogP) is 3.46. The normalized spacial score (nSPS) is 10.5. The molecular formula is C16H14N4O2S2. The second-order valence-corrected chi connectivity index (χ2v) is 6.86. The molecule has 0 fully saturated rings. The summed E-state index contributed by atoms with van der Waals surface area (Å²) >= 11 is 3.08. The lowest BCUT2D eigenvalue weighted by Crippen LogP contribution is -2.05. The Morgan fingerprint density at radius 2 is 2.17 bits per heavy atom. The molecule has 8 heteroatoms. The minimum atomic E-state index is -0.352. The van der Waals surface area contributed by atoms with Gasteiger partial charge in [0.1, 0.15) is 5.01 Å². The third-order valence-electron chi connectivity index (χ3n) is 2.99. The average molecular weight is 358 g/mol. The number of hydrogen-bond acceptors (Lipinski definition) is 8. The summed E-state index contributed by atoms with van der Waals surface area (Å²) in [6.45, 7) is 2.13. The van der Waals surface area contributed by atoms with E-state index in [1.54, 1.807) is 37.1 Å². The van der Waals surface area contributed by atoms with Gasteiger partial charge in [-0.1, -0.05) is 23.1 Å². The molecule has 0 atom stereocenters. The lowest BCUT2D eigenvalue weighted by atomic mass is 10.2. The number of thioether (sulfide) groups is 1. The summed E-state index contributed by atoms with van der Waals surface area (Å²) in [7, 11) is 0. The van der Waals surface area contributed by atoms with Gasteiger partial charge >= 0.3 is 5.97 Å². The number of hydrogen-bond donors (Lipinski definition) is 0. The molecule has 0 aliphatic heterocycles. The van der Waals surface area contributed by atoms with Crippen LogP contribution in [0.2, 0.25) is 0 Å². The Balaban J connectivity index is 1.60. The predicted molar refractivity (Wildman–Crippen MR) is 92.9 cm³/mol. The van der Waals surface area contributed by atoms with E-state index in [0.29, 0.717) is 17.9 Å². The third-order valence-corrected chi connectivity index (χ3v) is 5.13. The minimum absolute atomic E-state index is 0.352. The molecule has 0 aliphatic carbocycles. The second kappa shape index (κ2) is 7.98. The zero-order valence-corrected chi connectivity index (χ0v) is 14.5. The van der Waals surface area contributed by atoms with Gasteiger partial charge < -0.3 is 4.74 Å². The summed E-state index contributed by atoms with van der Waals surface area (Å²) in [5, 5.41) is 9.21. The molecule has 3 aromatic rings. The highest BCUT2D eigenvalue weighted by Crippen LogP contribution is 2.30. The molecule has 0 N–H and O–H groups in total. The zero-order chi connectivity index (χ0) is 16.8. The van der Waals surface area contributed by atoms with Crippen LogP contribution in [0.25, 0.3) is 10.6 Å². The van der Waals surface area contributed by atoms with Gasteiger partial charge in [-0.2, -0.15) is 0 Å². The van der Waals surface area contributed by atoms with Crippen LogP contribution in [-0.4, -0.2) is 32.7 Å². The van der Waals surface area contributed by atoms with Crippen molar-refractivity contribution in [2.24, 2.45) is 0 Å². The number of carbonyl (C=O) groups excluding carboxylic acids is 1. The van der Waals surface area contributed by atoms with Gasteiger partial charge in [0.15, 0.2) is 4.34 Å². The fourth-order valence-corrected chi connectivity index (χ4v) is 3.61. The summed E-state index contributed by atoms with van der Waals surface area (Å²) in [5.41, 5.74) is 2.28. The van der Waals surface area contributed by atoms with Gasteiger partial charge in [-0.05, 0) is 31.2 Å². The molecule has 0 spiro atoms. The van der Waals surface area contributed by atoms with Crippen LogP contribution < -0.4 is 0 Å². The van der Waals surface area contributed by atoms with Gasteiger partial charge in [0.2, 0.25) is 0 Å². The first-order chi connectivity index (χ1) is 11.8. The van der Waals surface area contributed by atoms with E-state index >= 15 is 0 Å². The van der Waals surface area contributed by atoms with E-state index in [2.05, 4.69) is 20.2 Å². The monoisotopic (exact) mass is 358 g/mol. The van der Waals surface area contributed by atoms with Gasteiger partial charge in [-0.15, -0.1) is 10.2 Å². The molecule has 0 radical (unpaired) electrons. The Kier molecular flexibility index (Phi) is 5.50. The topological polar surface area (TPSA) is 77.9 Å². The van der Waals surface area contributed by atoms with Crippen LogP contribution in [0.3, 0.4) is 0 Å². The first-order valence-corrected chi connectivity index (χ1v) is 9.05. The molecule has 0 amide bonds. The van der Waals surface area contributed by atoms with Gasteiger partial charge in [0.05, 0.1) is 17.9 Å². The number of aromatic nitrogens is 4. The average Bonchev–Trinajstić information content (AvgIpc) is 3.10. The SMILES string of the molecule is CCOC(=O)c1ccc(CSc2nnc(-c3cccnc3)s2)nc1. The molecule has 3 rings (SSSR count). The van der Waals surface area contributed by atoms with Crippen molar-refractivity contribution in [1.82, 2.24) is 20.2 Å². The van der Waals surface area contributed by atoms with E-state index in [-0.39, 0.29) is 5.97 Å². The van der Waals surface area contributed by atoms with Gasteiger partial charge in [-0.3, -0.25) is 9.97 Å². The number of nitrogens with zero attached hydrogens (tertiary/aromatic N) is 4. The van der Waals surface area contributed by atoms with Crippen LogP contribution in [0, 0.1) is 0 Å². The third kappa shape index (κ3) is 4.15. The number of carbonyl (C=O) groups is 1. The van der Waals surface area contributed by atoms with E-state index in [1.807, 2.05) is 18.2 Å². The standard InChI is InChI=1S/C16H14N4O2S2/c1-2-22-15(21)12-5-6-13(18-9-12)10-23-16-20-19-14(24-16)11-4-3-7-17-8-11/h3-9H,2,10H2,1H3. The number of esters is 1. The van der Waals surface area contributed by atoms with Crippen molar-refractivity contribution in [3.8, 4) is 10.6 Å². The molecular weight excluding hydrogens is 344 g/mol. The maximum Gasteiger partial charge on any atom is 0.339 e. The molecule has 24 heavy (non-hydrogen) atoms. The quantitative estimate of drug-likeness (QED) is 0.493. The molecule has 6 nitrogen and oxygen atoms in total. The first kappa shape index (κ1) is 16.5. The highest BCUT2D eigenvalue weighted by atomic mass is 32.2. The number of pyridine rings is 2. The summed E-state index contributed by atoms with van der Waals surface area (Å²) in [5.74, 6) is 0.305. The minimum Gasteiger partial charge on any atom is -0.462 e. The summed E-state index contributed by atoms with van der Waals surface area (Å²) in [4.78, 5) is 20.0. The summed E-state index contributed by atoms with van der Waals surface area (Å²) in [6, 6.07) is 7.38. The van der Waals surface area contributed by atoms with Crippen LogP contribution in [0.15, 0.2) is 47.2 Å². The molecule has 0 aromatic carbocycles. The van der Waals surface area contributed by atoms with E-state index in [1.165, 1.54) is 17.5 Å². The Morgan fingerprint density at radius 3 is 2.88 bits per heavy atom. The van der Waals surface area contributed by atoms with E-state index < -0.39 is 0 Å². The summed E-state index contributed by atoms with van der Waals surface area (Å²) < 4.78 is 5.80. The molecule has 0 saturated heterocycles. The molecule has 0 unspecified atom stereocenters. The zero-order valence-electron chi connectivity index (χ0n) is 12.9. The number of ether oxygens (including phenoxy) is 1. The molecule has 0 aliphatic rings. The van der Waals surface area contributed by atoms with Crippen molar-refractivity contribution in [2.75, 3.05) is 6.61 Å². The van der Waals surface area contributed by atoms with E-state index in [0.717, 1.165) is 20.6 Å². The van der Waals surface area contributed by atoms with E-state index in [4.69, 9.17) is 4.74 Å². The van der Waals surface area contributed by atoms with Crippen molar-refractivity contribution in [1.29, 1.82) is 0 Å². The number of rotatable bonds is 6. The van der Waals surface area contributed by atoms with Crippen LogP contribution in [0.5, 0.6) is 0 Å². The fraction of sp³-hybridized carbons (Fsp3) is 0.188. The Hall–Kier alpha value is -2.32. The lowest BCUT2D eigenvalue weighted by Gasteiger charge is -2.02. The fourth-order valence-electron chi connectivity index (χ4n) is 1.85. The van der Waals surface area contributed by atoms with Crippen molar-refractivity contribution in [2.45, 2.75) is 17.0 Å². The molecule has 0 bridgehead atoms. The van der Waals surface area contributed by atoms with E-state index in [9.17, 15) is 4.79 Å². The van der Waals surface area contributed by atoms with Crippen LogP contribution in [0.1, 0.15) is 23.0 Å².